The summed E-state index contributed by atoms with van der Waals surface area (Å²) in [5.74, 6) is -13.3. The summed E-state index contributed by atoms with van der Waals surface area (Å²) in [6.07, 6.45) is -11.4. The van der Waals surface area contributed by atoms with Gasteiger partial charge in [-0.3, -0.25) is 0 Å². The van der Waals surface area contributed by atoms with Gasteiger partial charge in [-0.05, 0) is 166 Å². The highest BCUT2D eigenvalue weighted by Crippen LogP contribution is 2.35. The number of hydrogen-bond acceptors (Lipinski definition) is 30. The molecule has 6 aromatic carbocycles. The van der Waals surface area contributed by atoms with Crippen LogP contribution in [0.5, 0.6) is 0 Å². The lowest BCUT2D eigenvalue weighted by Gasteiger charge is -2.36. The van der Waals surface area contributed by atoms with Gasteiger partial charge in [0.05, 0.1) is 73.0 Å². The van der Waals surface area contributed by atoms with Crippen LogP contribution in [0.1, 0.15) is 142 Å². The van der Waals surface area contributed by atoms with Gasteiger partial charge >= 0.3 is 72.7 Å². The number of aryl methyl sites for hydroxylation is 12. The Morgan fingerprint density at radius 1 is 0.235 bits per heavy atom. The average molecular weight is 1420 g/mol. The molecule has 0 amide bonds. The third kappa shape index (κ3) is 24.6. The highest BCUT2D eigenvalue weighted by molar-refractivity contribution is 5.94. The lowest BCUT2D eigenvalue weighted by atomic mass is 9.74. The highest BCUT2D eigenvalue weighted by Gasteiger charge is 2.40. The van der Waals surface area contributed by atoms with E-state index in [-0.39, 0.29) is 33.4 Å². The summed E-state index contributed by atoms with van der Waals surface area (Å²) < 4.78 is 32.6. The largest absolute Gasteiger partial charge is 0.549 e. The van der Waals surface area contributed by atoms with Crippen LogP contribution in [0.4, 0.5) is 28.8 Å². The molecular formula is C72H74O30. The van der Waals surface area contributed by atoms with Crippen LogP contribution < -0.4 is 0 Å². The average Bonchev–Trinajstić information content (AvgIpc) is 0.877. The number of benzene rings is 6. The molecule has 0 saturated heterocycles. The molecule has 30 heteroatoms. The molecule has 542 valence electrons. The fraction of sp³-hybridized carbons (Fsp3) is 0.333. The summed E-state index contributed by atoms with van der Waals surface area (Å²) in [6, 6.07) is 27.8. The maximum atomic E-state index is 13.7. The lowest BCUT2D eigenvalue weighted by Crippen LogP contribution is -2.41. The second-order valence-corrected chi connectivity index (χ2v) is 23.5. The van der Waals surface area contributed by atoms with Crippen molar-refractivity contribution in [1.29, 1.82) is 0 Å². The fourth-order valence-electron chi connectivity index (χ4n) is 10.4. The molecule has 0 N–H and O–H groups in total. The van der Waals surface area contributed by atoms with Gasteiger partial charge in [-0.1, -0.05) is 106 Å². The van der Waals surface area contributed by atoms with Crippen molar-refractivity contribution in [3.63, 3.8) is 0 Å². The van der Waals surface area contributed by atoms with Gasteiger partial charge in [0.15, 0.2) is 0 Å². The molecule has 6 aromatic rings. The lowest BCUT2D eigenvalue weighted by molar-refractivity contribution is -0.212. The van der Waals surface area contributed by atoms with Crippen molar-refractivity contribution in [1.82, 2.24) is 0 Å². The van der Waals surface area contributed by atoms with Crippen LogP contribution in [-0.2, 0) is 87.1 Å². The molecule has 0 aliphatic carbocycles. The predicted molar refractivity (Wildman–Crippen MR) is 346 cm³/mol. The SMILES string of the molecule is Cc1ccc(C(=O)OOC(=O)OCCC(COC(=O)OOC(=O)c2ccc(C)cc2C)C(COC(=O)OOC(=O)c2ccc(C)cc2C)C(COC(=O)OOC(=O)c2ccc(C)cc2C)C(CCOC(=O)OOC(=O)c2ccc(C)cc2C)COC(=O)OOC(=O)c2ccc(C)cc2C)c(C)c1. The molecule has 4 atom stereocenters. The first-order chi connectivity index (χ1) is 48.5. The molecule has 0 fully saturated rings. The molecule has 0 aliphatic rings. The first-order valence-electron chi connectivity index (χ1n) is 31.2. The molecule has 30 nitrogen and oxygen atoms in total. The van der Waals surface area contributed by atoms with E-state index < -0.39 is 149 Å². The molecule has 0 saturated carbocycles. The van der Waals surface area contributed by atoms with E-state index in [1.165, 1.54) is 36.4 Å². The van der Waals surface area contributed by atoms with Gasteiger partial charge in [-0.25, -0.2) is 87.4 Å². The molecule has 0 aromatic heterocycles. The van der Waals surface area contributed by atoms with Crippen LogP contribution in [-0.4, -0.2) is 112 Å². The number of carbonyl (C=O) groups excluding carboxylic acids is 12. The molecule has 0 bridgehead atoms. The van der Waals surface area contributed by atoms with E-state index in [0.29, 0.717) is 33.4 Å². The Bertz CT molecular complexity index is 3820. The maximum absolute atomic E-state index is 13.7. The van der Waals surface area contributed by atoms with Gasteiger partial charge in [0.1, 0.15) is 0 Å². The van der Waals surface area contributed by atoms with Gasteiger partial charge in [0, 0.05) is 23.7 Å². The van der Waals surface area contributed by atoms with Gasteiger partial charge < -0.3 is 28.4 Å². The van der Waals surface area contributed by atoms with Crippen molar-refractivity contribution < 1.29 is 145 Å². The molecule has 0 heterocycles. The summed E-state index contributed by atoms with van der Waals surface area (Å²) in [5.41, 5.74) is 7.19. The second-order valence-electron chi connectivity index (χ2n) is 23.5. The first kappa shape index (κ1) is 78.8. The molecule has 0 spiro atoms. The third-order valence-corrected chi connectivity index (χ3v) is 15.5. The van der Waals surface area contributed by atoms with Gasteiger partial charge in [0.2, 0.25) is 0 Å². The van der Waals surface area contributed by atoms with Crippen LogP contribution in [0.2, 0.25) is 0 Å². The van der Waals surface area contributed by atoms with Crippen molar-refractivity contribution in [2.45, 2.75) is 95.9 Å². The van der Waals surface area contributed by atoms with E-state index in [4.69, 9.17) is 77.3 Å². The monoisotopic (exact) mass is 1420 g/mol. The minimum atomic E-state index is -1.75. The van der Waals surface area contributed by atoms with Crippen molar-refractivity contribution in [3.05, 3.63) is 209 Å². The number of ether oxygens (including phenoxy) is 6. The Labute approximate surface area is 583 Å². The number of hydrogen-bond donors (Lipinski definition) is 0. The normalized spacial score (nSPS) is 11.8. The Balaban J connectivity index is 1.40. The highest BCUT2D eigenvalue weighted by atomic mass is 17.3. The molecule has 102 heavy (non-hydrogen) atoms. The quantitative estimate of drug-likeness (QED) is 0.0249. The summed E-state index contributed by atoms with van der Waals surface area (Å²) >= 11 is 0. The molecule has 6 rings (SSSR count). The Hall–Kier alpha value is -12.2. The summed E-state index contributed by atoms with van der Waals surface area (Å²) in [5, 5.41) is 0. The van der Waals surface area contributed by atoms with E-state index in [1.54, 1.807) is 156 Å². The Kier molecular flexibility index (Phi) is 29.5. The molecular weight excluding hydrogens is 1340 g/mol. The van der Waals surface area contributed by atoms with Crippen LogP contribution in [0.25, 0.3) is 0 Å². The van der Waals surface area contributed by atoms with E-state index in [0.717, 1.165) is 33.4 Å². The first-order valence-corrected chi connectivity index (χ1v) is 31.2. The smallest absolute Gasteiger partial charge is 0.432 e. The van der Waals surface area contributed by atoms with E-state index in [2.05, 4.69) is 9.78 Å². The summed E-state index contributed by atoms with van der Waals surface area (Å²) in [7, 11) is 0. The van der Waals surface area contributed by atoms with E-state index in [1.807, 2.05) is 0 Å². The van der Waals surface area contributed by atoms with Crippen molar-refractivity contribution in [2.24, 2.45) is 23.7 Å². The zero-order valence-corrected chi connectivity index (χ0v) is 57.6. The minimum absolute atomic E-state index is 0.0132. The zero-order chi connectivity index (χ0) is 74.7. The second kappa shape index (κ2) is 38.2. The Morgan fingerprint density at radius 3 is 0.598 bits per heavy atom. The van der Waals surface area contributed by atoms with Gasteiger partial charge in [-0.2, -0.15) is 28.8 Å². The van der Waals surface area contributed by atoms with Crippen LogP contribution in [0.15, 0.2) is 109 Å². The number of carbonyl (C=O) groups is 12. The molecule has 4 unspecified atom stereocenters. The molecule has 0 radical (unpaired) electrons. The summed E-state index contributed by atoms with van der Waals surface area (Å²) in [4.78, 5) is 217. The van der Waals surface area contributed by atoms with Crippen LogP contribution in [0, 0.1) is 107 Å². The Morgan fingerprint density at radius 2 is 0.412 bits per heavy atom. The standard InChI is InChI=1S/C72H74O30/c1-39-13-19-53(45(7)29-39)61(73)91-97-67(79)85-27-25-51(35-87-69(81)99-93-63(75)55-21-15-41(3)31-47(55)9)59(37-89-71(83)101-95-65(77)57-23-17-43(5)33-49(57)11)60(38-90-72(84)102-96-66(78)58-24-18-44(6)34-50(58)12)52(36-88-70(82)100-94-64(76)56-22-16-42(4)32-48(56)10)26-28-86-68(80)98-92-62(74)54-20-14-40(2)30-46(54)8/h13-24,29-34,51-52,59-60H,25-28,35-38H2,1-12H3. The zero-order valence-electron chi connectivity index (χ0n) is 57.6. The minimum Gasteiger partial charge on any atom is -0.432 e. The van der Waals surface area contributed by atoms with E-state index >= 15 is 0 Å². The van der Waals surface area contributed by atoms with Gasteiger partial charge in [-0.15, -0.1) is 0 Å². The third-order valence-electron chi connectivity index (χ3n) is 15.5. The van der Waals surface area contributed by atoms with Crippen molar-refractivity contribution in [2.75, 3.05) is 39.6 Å². The number of rotatable bonds is 23. The fourth-order valence-corrected chi connectivity index (χ4v) is 10.4. The maximum Gasteiger partial charge on any atom is 0.549 e. The van der Waals surface area contributed by atoms with Crippen molar-refractivity contribution >= 4 is 72.7 Å². The van der Waals surface area contributed by atoms with Gasteiger partial charge in [0.25, 0.3) is 0 Å². The predicted octanol–water partition coefficient (Wildman–Crippen LogP) is 13.5. The van der Waals surface area contributed by atoms with Crippen LogP contribution >= 0.6 is 0 Å². The topological polar surface area (TPSA) is 371 Å². The van der Waals surface area contributed by atoms with Crippen LogP contribution in [0.3, 0.4) is 0 Å². The van der Waals surface area contributed by atoms with E-state index in [9.17, 15) is 57.5 Å². The summed E-state index contributed by atoms with van der Waals surface area (Å²) in [6.45, 7) is 14.3. The molecule has 0 aliphatic heterocycles. The van der Waals surface area contributed by atoms with Crippen molar-refractivity contribution in [3.8, 4) is 0 Å².